The molecule has 1 saturated heterocycles. The Morgan fingerprint density at radius 3 is 2.02 bits per heavy atom. The maximum Gasteiger partial charge on any atom is 0.407 e. The number of carbonyl (C=O) groups excluding carboxylic acids is 2. The molecule has 1 aliphatic rings. The van der Waals surface area contributed by atoms with Crippen LogP contribution in [-0.4, -0.2) is 84.8 Å². The number of likely N-dealkylation sites (tertiary alicyclic amines) is 1. The number of ether oxygens (including phenoxy) is 3. The number of nitrogens with two attached hydrogens (primary N) is 1. The quantitative estimate of drug-likeness (QED) is 0.0749. The fourth-order valence-electron chi connectivity index (χ4n) is 4.70. The van der Waals surface area contributed by atoms with Gasteiger partial charge in [-0.3, -0.25) is 25.0 Å². The van der Waals surface area contributed by atoms with Crippen LogP contribution in [0.15, 0.2) is 36.4 Å². The van der Waals surface area contributed by atoms with E-state index in [4.69, 9.17) is 20.3 Å². The molecule has 2 amide bonds. The minimum atomic E-state index is -0.942. The average Bonchev–Trinajstić information content (AvgIpc) is 3.05. The number of hydrogen-bond acceptors (Lipinski definition) is 12. The summed E-state index contributed by atoms with van der Waals surface area (Å²) in [5.41, 5.74) is 4.33. The van der Waals surface area contributed by atoms with Gasteiger partial charge in [0.05, 0.1) is 29.6 Å². The van der Waals surface area contributed by atoms with Crippen LogP contribution in [0.4, 0.5) is 27.5 Å². The predicted octanol–water partition coefficient (Wildman–Crippen LogP) is 3.64. The molecule has 0 aliphatic carbocycles. The van der Waals surface area contributed by atoms with Gasteiger partial charge in [-0.05, 0) is 30.9 Å². The Hall–Kier alpha value is -6.05. The summed E-state index contributed by atoms with van der Waals surface area (Å²) in [6.07, 6.45) is 4.17. The first-order valence-corrected chi connectivity index (χ1v) is 14.2. The number of amides is 2. The highest BCUT2D eigenvalue weighted by atomic mass is 16.6. The van der Waals surface area contributed by atoms with Gasteiger partial charge >= 0.3 is 12.1 Å². The van der Waals surface area contributed by atoms with E-state index in [1.165, 1.54) is 24.1 Å². The Bertz CT molecular complexity index is 1610. The number of carbonyl (C=O) groups is 3. The monoisotopic (exact) mass is 654 g/mol. The SMILES string of the molecule is COC(=O)c1cc(OC)c(NCC=CCNc2c(OCC#CCC3CCN(C(=O)O)CC3)cc(C(N)=O)cc2[N+](=O)[O-])c([N+](=O)[O-])c1. The lowest BCUT2D eigenvalue weighted by molar-refractivity contribution is -0.384. The fourth-order valence-corrected chi connectivity index (χ4v) is 4.70. The normalized spacial score (nSPS) is 12.9. The third-order valence-electron chi connectivity index (χ3n) is 7.14. The molecule has 2 aromatic carbocycles. The van der Waals surface area contributed by atoms with Gasteiger partial charge in [-0.25, -0.2) is 9.59 Å². The molecule has 2 aromatic rings. The van der Waals surface area contributed by atoms with Crippen molar-refractivity contribution in [3.8, 4) is 23.3 Å². The number of hydrogen-bond donors (Lipinski definition) is 4. The Labute approximate surface area is 268 Å². The Morgan fingerprint density at radius 1 is 0.957 bits per heavy atom. The molecule has 17 heteroatoms. The number of anilines is 2. The molecule has 0 radical (unpaired) electrons. The molecular weight excluding hydrogens is 620 g/mol. The zero-order valence-electron chi connectivity index (χ0n) is 25.6. The van der Waals surface area contributed by atoms with E-state index in [-0.39, 0.29) is 59.6 Å². The largest absolute Gasteiger partial charge is 0.494 e. The summed E-state index contributed by atoms with van der Waals surface area (Å²) in [6, 6.07) is 4.67. The van der Waals surface area contributed by atoms with Gasteiger partial charge in [0.25, 0.3) is 11.4 Å². The van der Waals surface area contributed by atoms with Crippen LogP contribution in [0, 0.1) is 38.0 Å². The molecule has 0 aromatic heterocycles. The van der Waals surface area contributed by atoms with Gasteiger partial charge in [-0.1, -0.05) is 24.0 Å². The third-order valence-corrected chi connectivity index (χ3v) is 7.14. The topological polar surface area (TPSA) is 239 Å². The number of rotatable bonds is 14. The molecule has 1 heterocycles. The molecule has 0 spiro atoms. The van der Waals surface area contributed by atoms with Gasteiger partial charge in [0.2, 0.25) is 5.91 Å². The predicted molar refractivity (Wildman–Crippen MR) is 169 cm³/mol. The summed E-state index contributed by atoms with van der Waals surface area (Å²) in [6.45, 7) is 0.875. The van der Waals surface area contributed by atoms with E-state index in [2.05, 4.69) is 27.2 Å². The van der Waals surface area contributed by atoms with E-state index in [0.717, 1.165) is 19.2 Å². The lowest BCUT2D eigenvalue weighted by Gasteiger charge is -2.28. The van der Waals surface area contributed by atoms with E-state index in [9.17, 15) is 34.6 Å². The molecular formula is C30H34N6O11. The summed E-state index contributed by atoms with van der Waals surface area (Å²) in [7, 11) is 2.44. The fraction of sp³-hybridized carbons (Fsp3) is 0.367. The van der Waals surface area contributed by atoms with Crippen LogP contribution in [-0.2, 0) is 4.74 Å². The van der Waals surface area contributed by atoms with Crippen molar-refractivity contribution in [3.05, 3.63) is 67.8 Å². The van der Waals surface area contributed by atoms with Gasteiger partial charge in [0, 0.05) is 50.3 Å². The number of piperidine rings is 1. The molecule has 3 rings (SSSR count). The second kappa shape index (κ2) is 16.9. The maximum atomic E-state index is 11.9. The minimum absolute atomic E-state index is 0.0174. The molecule has 250 valence electrons. The van der Waals surface area contributed by atoms with Crippen LogP contribution < -0.4 is 25.8 Å². The lowest BCUT2D eigenvalue weighted by atomic mass is 9.94. The van der Waals surface area contributed by atoms with Crippen LogP contribution >= 0.6 is 0 Å². The Balaban J connectivity index is 1.68. The summed E-state index contributed by atoms with van der Waals surface area (Å²) < 4.78 is 15.6. The number of benzene rings is 2. The van der Waals surface area contributed by atoms with E-state index in [1.807, 2.05) is 0 Å². The van der Waals surface area contributed by atoms with Crippen molar-refractivity contribution in [2.75, 3.05) is 57.6 Å². The van der Waals surface area contributed by atoms with Crippen LogP contribution in [0.25, 0.3) is 0 Å². The number of primary amides is 1. The zero-order chi connectivity index (χ0) is 34.5. The van der Waals surface area contributed by atoms with Crippen LogP contribution in [0.2, 0.25) is 0 Å². The van der Waals surface area contributed by atoms with Gasteiger partial charge in [0.1, 0.15) is 12.4 Å². The molecule has 17 nitrogen and oxygen atoms in total. The Kier molecular flexibility index (Phi) is 12.7. The van der Waals surface area contributed by atoms with Crippen molar-refractivity contribution >= 4 is 40.7 Å². The summed E-state index contributed by atoms with van der Waals surface area (Å²) >= 11 is 0. The summed E-state index contributed by atoms with van der Waals surface area (Å²) in [5, 5.41) is 38.3. The van der Waals surface area contributed by atoms with Crippen molar-refractivity contribution in [3.63, 3.8) is 0 Å². The minimum Gasteiger partial charge on any atom is -0.494 e. The van der Waals surface area contributed by atoms with Gasteiger partial charge in [-0.2, -0.15) is 0 Å². The summed E-state index contributed by atoms with van der Waals surface area (Å²) in [5.74, 6) is 4.45. The first-order chi connectivity index (χ1) is 22.5. The second-order valence-electron chi connectivity index (χ2n) is 10.1. The summed E-state index contributed by atoms with van der Waals surface area (Å²) in [4.78, 5) is 58.3. The third kappa shape index (κ3) is 9.72. The lowest BCUT2D eigenvalue weighted by Crippen LogP contribution is -2.37. The van der Waals surface area contributed by atoms with Gasteiger partial charge in [0.15, 0.2) is 17.1 Å². The molecule has 0 atom stereocenters. The zero-order valence-corrected chi connectivity index (χ0v) is 25.6. The second-order valence-corrected chi connectivity index (χ2v) is 10.1. The van der Waals surface area contributed by atoms with Crippen molar-refractivity contribution in [1.29, 1.82) is 0 Å². The first-order valence-electron chi connectivity index (χ1n) is 14.2. The average molecular weight is 655 g/mol. The van der Waals surface area contributed by atoms with E-state index in [0.29, 0.717) is 32.4 Å². The number of carboxylic acid groups (broad SMARTS) is 1. The van der Waals surface area contributed by atoms with Crippen LogP contribution in [0.3, 0.4) is 0 Å². The van der Waals surface area contributed by atoms with E-state index in [1.54, 1.807) is 12.2 Å². The van der Waals surface area contributed by atoms with Crippen molar-refractivity contribution < 1.29 is 43.5 Å². The molecule has 0 bridgehead atoms. The van der Waals surface area contributed by atoms with E-state index < -0.39 is 39.2 Å². The number of nitro benzene ring substituents is 2. The van der Waals surface area contributed by atoms with Crippen molar-refractivity contribution in [1.82, 2.24) is 4.90 Å². The Morgan fingerprint density at radius 2 is 1.51 bits per heavy atom. The number of nitro groups is 2. The standard InChI is InChI=1S/C30H34N6O11/c1-45-24-18-21(29(38)46-2)16-23(36(43)44)26(24)32-10-4-5-11-33-27-22(35(41)42)15-20(28(31)37)17-25(27)47-14-6-3-7-19-8-12-34(13-9-19)30(39)40/h4-5,15-19,32-33H,7-14H2,1-2H3,(H2,31,37)(H,39,40). The van der Waals surface area contributed by atoms with Crippen molar-refractivity contribution in [2.45, 2.75) is 19.3 Å². The molecule has 0 saturated carbocycles. The smallest absolute Gasteiger partial charge is 0.407 e. The number of methoxy groups -OCH3 is 2. The highest BCUT2D eigenvalue weighted by Gasteiger charge is 2.25. The molecule has 1 fully saturated rings. The number of esters is 1. The highest BCUT2D eigenvalue weighted by molar-refractivity contribution is 5.96. The number of nitrogens with zero attached hydrogens (tertiary/aromatic N) is 3. The van der Waals surface area contributed by atoms with E-state index >= 15 is 0 Å². The molecule has 1 aliphatic heterocycles. The van der Waals surface area contributed by atoms with Gasteiger partial charge in [-0.15, -0.1) is 0 Å². The molecule has 0 unspecified atom stereocenters. The highest BCUT2D eigenvalue weighted by Crippen LogP contribution is 2.37. The maximum absolute atomic E-state index is 11.9. The van der Waals surface area contributed by atoms with Crippen LogP contribution in [0.1, 0.15) is 40.0 Å². The molecule has 47 heavy (non-hydrogen) atoms. The molecule has 5 N–H and O–H groups in total. The van der Waals surface area contributed by atoms with Gasteiger partial charge < -0.3 is 40.6 Å². The number of nitrogens with one attached hydrogen (secondary N) is 2. The first kappa shape index (κ1) is 35.4. The van der Waals surface area contributed by atoms with Crippen LogP contribution in [0.5, 0.6) is 11.5 Å². The van der Waals surface area contributed by atoms with Crippen molar-refractivity contribution in [2.24, 2.45) is 11.7 Å².